The monoisotopic (exact) mass is 540 g/mol. The van der Waals surface area contributed by atoms with E-state index in [1.807, 2.05) is 0 Å². The van der Waals surface area contributed by atoms with Crippen LogP contribution >= 0.6 is 0 Å². The SMILES string of the molecule is Cc1ccc(S(=O)(=O)c2cccc(S(=O)(=O)c3ccc(C)cc3)c2S(=O)(=O)c2ccc(C)cc2)cc1. The third kappa shape index (κ3) is 4.61. The molecule has 0 radical (unpaired) electrons. The third-order valence-electron chi connectivity index (χ3n) is 5.78. The maximum Gasteiger partial charge on any atom is 0.209 e. The van der Waals surface area contributed by atoms with Gasteiger partial charge >= 0.3 is 0 Å². The zero-order valence-electron chi connectivity index (χ0n) is 19.8. The van der Waals surface area contributed by atoms with Crippen LogP contribution < -0.4 is 0 Å². The highest BCUT2D eigenvalue weighted by molar-refractivity contribution is 7.96. The van der Waals surface area contributed by atoms with Gasteiger partial charge < -0.3 is 0 Å². The highest BCUT2D eigenvalue weighted by atomic mass is 32.2. The zero-order chi connectivity index (χ0) is 26.3. The lowest BCUT2D eigenvalue weighted by Crippen LogP contribution is -2.16. The summed E-state index contributed by atoms with van der Waals surface area (Å²) in [5.74, 6) is 0. The topological polar surface area (TPSA) is 102 Å². The number of hydrogen-bond acceptors (Lipinski definition) is 6. The summed E-state index contributed by atoms with van der Waals surface area (Å²) in [6, 6.07) is 21.2. The fraction of sp³-hybridized carbons (Fsp3) is 0.111. The first-order chi connectivity index (χ1) is 16.8. The molecule has 0 aliphatic carbocycles. The summed E-state index contributed by atoms with van der Waals surface area (Å²) >= 11 is 0. The summed E-state index contributed by atoms with van der Waals surface area (Å²) in [5, 5.41) is 0. The Bertz CT molecular complexity index is 1660. The van der Waals surface area contributed by atoms with Crippen LogP contribution in [0.5, 0.6) is 0 Å². The summed E-state index contributed by atoms with van der Waals surface area (Å²) in [6.45, 7) is 5.36. The molecule has 0 aliphatic rings. The van der Waals surface area contributed by atoms with E-state index in [9.17, 15) is 25.3 Å². The zero-order valence-corrected chi connectivity index (χ0v) is 22.3. The Kier molecular flexibility index (Phi) is 6.68. The fourth-order valence-electron chi connectivity index (χ4n) is 3.71. The van der Waals surface area contributed by atoms with E-state index in [-0.39, 0.29) is 14.7 Å². The van der Waals surface area contributed by atoms with Crippen LogP contribution in [0.4, 0.5) is 0 Å². The van der Waals surface area contributed by atoms with Crippen molar-refractivity contribution in [2.45, 2.75) is 50.1 Å². The molecular formula is C27H24O6S3. The summed E-state index contributed by atoms with van der Waals surface area (Å²) in [5.41, 5.74) is 2.43. The molecular weight excluding hydrogens is 516 g/mol. The molecule has 0 amide bonds. The highest BCUT2D eigenvalue weighted by Crippen LogP contribution is 2.38. The van der Waals surface area contributed by atoms with Crippen molar-refractivity contribution in [3.8, 4) is 0 Å². The number of rotatable bonds is 6. The van der Waals surface area contributed by atoms with Crippen molar-refractivity contribution in [2.75, 3.05) is 0 Å². The normalized spacial score (nSPS) is 12.4. The molecule has 9 heteroatoms. The van der Waals surface area contributed by atoms with Crippen LogP contribution in [-0.2, 0) is 29.5 Å². The Balaban J connectivity index is 2.09. The van der Waals surface area contributed by atoms with Crippen molar-refractivity contribution in [3.63, 3.8) is 0 Å². The van der Waals surface area contributed by atoms with Crippen molar-refractivity contribution in [2.24, 2.45) is 0 Å². The Morgan fingerprint density at radius 1 is 0.389 bits per heavy atom. The van der Waals surface area contributed by atoms with Gasteiger partial charge in [0.2, 0.25) is 29.5 Å². The minimum atomic E-state index is -4.57. The van der Waals surface area contributed by atoms with Crippen molar-refractivity contribution in [1.29, 1.82) is 0 Å². The first-order valence-corrected chi connectivity index (χ1v) is 15.4. The van der Waals surface area contributed by atoms with Gasteiger partial charge in [-0.3, -0.25) is 0 Å². The summed E-state index contributed by atoms with van der Waals surface area (Å²) in [6.07, 6.45) is 0. The molecule has 4 aromatic carbocycles. The van der Waals surface area contributed by atoms with E-state index in [0.29, 0.717) is 0 Å². The largest absolute Gasteiger partial charge is 0.218 e. The van der Waals surface area contributed by atoms with Crippen LogP contribution in [0.25, 0.3) is 0 Å². The van der Waals surface area contributed by atoms with E-state index in [4.69, 9.17) is 0 Å². The first-order valence-electron chi connectivity index (χ1n) is 10.9. The quantitative estimate of drug-likeness (QED) is 0.337. The average molecular weight is 541 g/mol. The average Bonchev–Trinajstić information content (AvgIpc) is 2.84. The minimum absolute atomic E-state index is 0.140. The molecule has 0 spiro atoms. The molecule has 36 heavy (non-hydrogen) atoms. The van der Waals surface area contributed by atoms with E-state index >= 15 is 0 Å². The van der Waals surface area contributed by atoms with Crippen LogP contribution in [0.1, 0.15) is 16.7 Å². The van der Waals surface area contributed by atoms with Gasteiger partial charge in [0, 0.05) is 0 Å². The smallest absolute Gasteiger partial charge is 0.209 e. The van der Waals surface area contributed by atoms with Crippen LogP contribution in [0.2, 0.25) is 0 Å². The minimum Gasteiger partial charge on any atom is -0.218 e. The van der Waals surface area contributed by atoms with Crippen molar-refractivity contribution in [3.05, 3.63) is 108 Å². The maximum absolute atomic E-state index is 13.9. The molecule has 6 nitrogen and oxygen atoms in total. The van der Waals surface area contributed by atoms with Crippen molar-refractivity contribution >= 4 is 29.5 Å². The van der Waals surface area contributed by atoms with Crippen LogP contribution in [0.3, 0.4) is 0 Å². The van der Waals surface area contributed by atoms with Crippen molar-refractivity contribution < 1.29 is 25.3 Å². The lowest BCUT2D eigenvalue weighted by Gasteiger charge is -2.17. The molecule has 0 fully saturated rings. The molecule has 0 unspecified atom stereocenters. The van der Waals surface area contributed by atoms with Gasteiger partial charge in [0.25, 0.3) is 0 Å². The number of sulfone groups is 3. The molecule has 0 aliphatic heterocycles. The Morgan fingerprint density at radius 2 is 0.667 bits per heavy atom. The Labute approximate surface area is 212 Å². The highest BCUT2D eigenvalue weighted by Gasteiger charge is 2.36. The predicted molar refractivity (Wildman–Crippen MR) is 136 cm³/mol. The molecule has 4 aromatic rings. The van der Waals surface area contributed by atoms with E-state index in [1.165, 1.54) is 42.5 Å². The third-order valence-corrected chi connectivity index (χ3v) is 11.5. The van der Waals surface area contributed by atoms with E-state index < -0.39 is 44.2 Å². The summed E-state index contributed by atoms with van der Waals surface area (Å²) < 4.78 is 82.6. The van der Waals surface area contributed by atoms with Gasteiger partial charge in [-0.2, -0.15) is 0 Å². The van der Waals surface area contributed by atoms with E-state index in [1.54, 1.807) is 57.2 Å². The number of benzene rings is 4. The lowest BCUT2D eigenvalue weighted by atomic mass is 10.2. The molecule has 186 valence electrons. The molecule has 0 heterocycles. The van der Waals surface area contributed by atoms with Crippen molar-refractivity contribution in [1.82, 2.24) is 0 Å². The van der Waals surface area contributed by atoms with Gasteiger partial charge in [0.15, 0.2) is 0 Å². The Hall–Kier alpha value is -3.27. The lowest BCUT2D eigenvalue weighted by molar-refractivity contribution is 0.573. The van der Waals surface area contributed by atoms with Gasteiger partial charge in [-0.05, 0) is 69.3 Å². The van der Waals surface area contributed by atoms with Crippen LogP contribution in [0, 0.1) is 20.8 Å². The van der Waals surface area contributed by atoms with Gasteiger partial charge in [-0.1, -0.05) is 59.2 Å². The summed E-state index contributed by atoms with van der Waals surface area (Å²) in [4.78, 5) is -2.45. The molecule has 4 rings (SSSR count). The van der Waals surface area contributed by atoms with E-state index in [2.05, 4.69) is 0 Å². The van der Waals surface area contributed by atoms with Crippen LogP contribution in [0.15, 0.2) is 120 Å². The molecule has 0 bridgehead atoms. The molecule has 0 saturated heterocycles. The standard InChI is InChI=1S/C27H24O6S3/c1-19-7-13-22(14-8-19)34(28,29)25-5-4-6-26(35(30,31)23-15-9-20(2)10-16-23)27(25)36(32,33)24-17-11-21(3)12-18-24/h4-18H,1-3H3. The summed E-state index contributed by atoms with van der Waals surface area (Å²) in [7, 11) is -13.4. The second-order valence-electron chi connectivity index (χ2n) is 8.53. The molecule has 0 atom stereocenters. The predicted octanol–water partition coefficient (Wildman–Crippen LogP) is 5.11. The molecule has 0 saturated carbocycles. The van der Waals surface area contributed by atoms with Gasteiger partial charge in [0.1, 0.15) is 4.90 Å². The number of hydrogen-bond donors (Lipinski definition) is 0. The molecule has 0 N–H and O–H groups in total. The van der Waals surface area contributed by atoms with Gasteiger partial charge in [-0.25, -0.2) is 25.3 Å². The van der Waals surface area contributed by atoms with E-state index in [0.717, 1.165) is 28.8 Å². The Morgan fingerprint density at radius 3 is 0.972 bits per heavy atom. The van der Waals surface area contributed by atoms with Gasteiger partial charge in [0.05, 0.1) is 24.5 Å². The second kappa shape index (κ2) is 9.31. The second-order valence-corrected chi connectivity index (χ2v) is 14.3. The first kappa shape index (κ1) is 25.8. The molecule has 0 aromatic heterocycles. The fourth-order valence-corrected chi connectivity index (χ4v) is 9.20. The maximum atomic E-state index is 13.9. The number of aryl methyl sites for hydroxylation is 3. The van der Waals surface area contributed by atoms with Crippen LogP contribution in [-0.4, -0.2) is 25.3 Å². The van der Waals surface area contributed by atoms with Gasteiger partial charge in [-0.15, -0.1) is 0 Å².